The summed E-state index contributed by atoms with van der Waals surface area (Å²) in [5, 5.41) is 4.58. The Kier molecular flexibility index (Phi) is 6.56. The molecule has 0 spiro atoms. The molecule has 3 heterocycles. The van der Waals surface area contributed by atoms with Gasteiger partial charge in [-0.3, -0.25) is 9.52 Å². The minimum atomic E-state index is -3.62. The molecular weight excluding hydrogens is 438 g/mol. The number of aromatic nitrogens is 3. The molecule has 1 aliphatic heterocycles. The Labute approximate surface area is 187 Å². The van der Waals surface area contributed by atoms with E-state index in [9.17, 15) is 13.2 Å². The van der Waals surface area contributed by atoms with Gasteiger partial charge in [-0.15, -0.1) is 0 Å². The third-order valence-corrected chi connectivity index (χ3v) is 5.75. The van der Waals surface area contributed by atoms with Crippen molar-refractivity contribution in [1.29, 1.82) is 0 Å². The lowest BCUT2D eigenvalue weighted by molar-refractivity contribution is -0.130. The molecule has 0 aliphatic carbocycles. The van der Waals surface area contributed by atoms with Crippen LogP contribution in [0.3, 0.4) is 0 Å². The Morgan fingerprint density at radius 1 is 1.32 bits per heavy atom. The summed E-state index contributed by atoms with van der Waals surface area (Å²) >= 11 is 5.93. The molecule has 8 nitrogen and oxygen atoms in total. The summed E-state index contributed by atoms with van der Waals surface area (Å²) in [6.07, 6.45) is 6.67. The number of halogens is 1. The predicted octanol–water partition coefficient (Wildman–Crippen LogP) is 3.14. The van der Waals surface area contributed by atoms with E-state index in [1.54, 1.807) is 9.42 Å². The number of carbonyl (C=O) groups excluding carboxylic acids is 1. The number of piperidine rings is 1. The molecule has 31 heavy (non-hydrogen) atoms. The van der Waals surface area contributed by atoms with E-state index in [-0.39, 0.29) is 28.3 Å². The van der Waals surface area contributed by atoms with E-state index in [2.05, 4.69) is 23.0 Å². The van der Waals surface area contributed by atoms with Crippen molar-refractivity contribution < 1.29 is 13.2 Å². The summed E-state index contributed by atoms with van der Waals surface area (Å²) in [5.41, 5.74) is 3.34. The van der Waals surface area contributed by atoms with Crippen LogP contribution in [-0.2, 0) is 14.8 Å². The highest BCUT2D eigenvalue weighted by Crippen LogP contribution is 2.33. The summed E-state index contributed by atoms with van der Waals surface area (Å²) in [6.45, 7) is 11.7. The van der Waals surface area contributed by atoms with E-state index in [0.717, 1.165) is 48.1 Å². The second-order valence-corrected chi connectivity index (χ2v) is 10.0. The summed E-state index contributed by atoms with van der Waals surface area (Å²) < 4.78 is 27.4. The Balaban J connectivity index is 2.00. The quantitative estimate of drug-likeness (QED) is 0.524. The maximum atomic E-state index is 13.5. The highest BCUT2D eigenvalue weighted by molar-refractivity contribution is 7.88. The third kappa shape index (κ3) is 5.34. The number of nitrogens with zero attached hydrogens (tertiary/aromatic N) is 4. The van der Waals surface area contributed by atoms with Gasteiger partial charge in [0.25, 0.3) is 5.91 Å². The molecule has 1 unspecified atom stereocenters. The molecule has 10 heteroatoms. The summed E-state index contributed by atoms with van der Waals surface area (Å²) in [4.78, 5) is 19.9. The van der Waals surface area contributed by atoms with E-state index in [4.69, 9.17) is 16.6 Å². The van der Waals surface area contributed by atoms with Gasteiger partial charge in [0.1, 0.15) is 0 Å². The topological polar surface area (TPSA) is 96.7 Å². The largest absolute Gasteiger partial charge is 0.330 e. The molecule has 1 fully saturated rings. The first-order valence-corrected chi connectivity index (χ1v) is 12.1. The monoisotopic (exact) mass is 463 g/mol. The minimum Gasteiger partial charge on any atom is -0.330 e. The first-order chi connectivity index (χ1) is 14.5. The number of imidazole rings is 1. The van der Waals surface area contributed by atoms with E-state index < -0.39 is 10.0 Å². The van der Waals surface area contributed by atoms with Gasteiger partial charge in [0, 0.05) is 11.6 Å². The Morgan fingerprint density at radius 2 is 2.03 bits per heavy atom. The average molecular weight is 464 g/mol. The fourth-order valence-corrected chi connectivity index (χ4v) is 4.49. The molecule has 0 aromatic carbocycles. The van der Waals surface area contributed by atoms with Gasteiger partial charge >= 0.3 is 0 Å². The fourth-order valence-electron chi connectivity index (χ4n) is 3.82. The van der Waals surface area contributed by atoms with Crippen LogP contribution in [0.4, 0.5) is 0 Å². The number of allylic oxidation sites excluding steroid dienone is 2. The first kappa shape index (κ1) is 23.0. The van der Waals surface area contributed by atoms with Crippen LogP contribution in [0.2, 0.25) is 0 Å². The van der Waals surface area contributed by atoms with Gasteiger partial charge in [-0.25, -0.2) is 17.9 Å². The average Bonchev–Trinajstić information content (AvgIpc) is 3.08. The van der Waals surface area contributed by atoms with Crippen molar-refractivity contribution in [3.8, 4) is 0 Å². The zero-order chi connectivity index (χ0) is 22.9. The second kappa shape index (κ2) is 8.84. The Morgan fingerprint density at radius 3 is 2.68 bits per heavy atom. The van der Waals surface area contributed by atoms with Gasteiger partial charge in [-0.2, -0.15) is 5.10 Å². The number of hydrogen-bond donors (Lipinski definition) is 1. The van der Waals surface area contributed by atoms with E-state index in [1.807, 2.05) is 26.1 Å². The molecule has 1 atom stereocenters. The molecule has 0 bridgehead atoms. The van der Waals surface area contributed by atoms with Crippen LogP contribution in [0.15, 0.2) is 47.8 Å². The molecule has 2 aromatic rings. The van der Waals surface area contributed by atoms with Crippen LogP contribution >= 0.6 is 11.6 Å². The maximum absolute atomic E-state index is 13.5. The van der Waals surface area contributed by atoms with Crippen molar-refractivity contribution in [3.63, 3.8) is 0 Å². The standard InChI is InChI=1S/C21H26ClN5O3S/c1-13-10-15(3)24-27-12-18(23-20(13)27)19-8-6-7-9-26(19)21(28)17(11-14(2)22)16(4)25-31(5,29)30/h10-12,19,25H,2,4,6-9H2,1,3,5H3/b17-11+. The van der Waals surface area contributed by atoms with Crippen molar-refractivity contribution in [2.24, 2.45) is 0 Å². The zero-order valence-corrected chi connectivity index (χ0v) is 19.4. The Bertz CT molecular complexity index is 1200. The highest BCUT2D eigenvalue weighted by atomic mass is 35.5. The van der Waals surface area contributed by atoms with E-state index >= 15 is 0 Å². The number of fused-ring (bicyclic) bond motifs is 1. The predicted molar refractivity (Wildman–Crippen MR) is 121 cm³/mol. The van der Waals surface area contributed by atoms with Gasteiger partial charge < -0.3 is 4.90 Å². The molecule has 166 valence electrons. The van der Waals surface area contributed by atoms with Gasteiger partial charge in [0.2, 0.25) is 10.0 Å². The van der Waals surface area contributed by atoms with Crippen LogP contribution in [0.1, 0.15) is 42.3 Å². The maximum Gasteiger partial charge on any atom is 0.256 e. The highest BCUT2D eigenvalue weighted by Gasteiger charge is 2.33. The zero-order valence-electron chi connectivity index (χ0n) is 17.9. The van der Waals surface area contributed by atoms with Gasteiger partial charge in [-0.05, 0) is 50.8 Å². The van der Waals surface area contributed by atoms with E-state index in [1.165, 1.54) is 6.08 Å². The molecule has 3 rings (SSSR count). The number of rotatable bonds is 6. The summed E-state index contributed by atoms with van der Waals surface area (Å²) in [6, 6.07) is 1.68. The molecule has 1 saturated heterocycles. The SMILES string of the molecule is C=C(Cl)/C=C(\C(=C)NS(C)(=O)=O)C(=O)N1CCCCC1c1cn2nc(C)cc(C)c2n1. The van der Waals surface area contributed by atoms with Crippen LogP contribution < -0.4 is 4.72 Å². The number of amides is 1. The molecule has 1 amide bonds. The summed E-state index contributed by atoms with van der Waals surface area (Å²) in [7, 11) is -3.62. The normalized spacial score (nSPS) is 17.6. The lowest BCUT2D eigenvalue weighted by Gasteiger charge is -2.35. The molecular formula is C21H26ClN5O3S. The number of carbonyl (C=O) groups is 1. The first-order valence-electron chi connectivity index (χ1n) is 9.84. The van der Waals surface area contributed by atoms with Crippen molar-refractivity contribution in [1.82, 2.24) is 24.2 Å². The number of aryl methyl sites for hydroxylation is 2. The van der Waals surface area contributed by atoms with Gasteiger partial charge in [0.05, 0.1) is 41.2 Å². The molecule has 1 N–H and O–H groups in total. The van der Waals surface area contributed by atoms with Crippen molar-refractivity contribution in [3.05, 3.63) is 64.8 Å². The van der Waals surface area contributed by atoms with Crippen molar-refractivity contribution in [2.75, 3.05) is 12.8 Å². The second-order valence-electron chi connectivity index (χ2n) is 7.77. The van der Waals surface area contributed by atoms with Gasteiger partial charge in [0.15, 0.2) is 5.65 Å². The third-order valence-electron chi connectivity index (χ3n) is 5.02. The fraction of sp³-hybridized carbons (Fsp3) is 0.381. The molecule has 0 radical (unpaired) electrons. The molecule has 2 aromatic heterocycles. The minimum absolute atomic E-state index is 0.0474. The van der Waals surface area contributed by atoms with Gasteiger partial charge in [-0.1, -0.05) is 24.8 Å². The number of nitrogens with one attached hydrogen (secondary N) is 1. The van der Waals surface area contributed by atoms with Crippen LogP contribution in [0.25, 0.3) is 5.65 Å². The van der Waals surface area contributed by atoms with Crippen LogP contribution in [-0.4, -0.2) is 46.6 Å². The number of hydrogen-bond acceptors (Lipinski definition) is 5. The van der Waals surface area contributed by atoms with Crippen molar-refractivity contribution >= 4 is 33.2 Å². The molecule has 0 saturated carbocycles. The number of likely N-dealkylation sites (tertiary alicyclic amines) is 1. The smallest absolute Gasteiger partial charge is 0.256 e. The summed E-state index contributed by atoms with van der Waals surface area (Å²) in [5.74, 6) is -0.384. The lowest BCUT2D eigenvalue weighted by atomic mass is 9.98. The van der Waals surface area contributed by atoms with Crippen molar-refractivity contribution in [2.45, 2.75) is 39.2 Å². The van der Waals surface area contributed by atoms with E-state index in [0.29, 0.717) is 6.54 Å². The lowest BCUT2D eigenvalue weighted by Crippen LogP contribution is -2.41. The Hall–Kier alpha value is -2.65. The molecule has 1 aliphatic rings. The van der Waals surface area contributed by atoms with Crippen LogP contribution in [0, 0.1) is 13.8 Å². The number of sulfonamides is 1. The van der Waals surface area contributed by atoms with Crippen LogP contribution in [0.5, 0.6) is 0 Å².